The number of carbonyl (C=O) groups excluding carboxylic acids is 1. The third kappa shape index (κ3) is 3.37. The Kier molecular flexibility index (Phi) is 4.64. The zero-order valence-electron chi connectivity index (χ0n) is 11.8. The van der Waals surface area contributed by atoms with Crippen molar-refractivity contribution in [3.63, 3.8) is 0 Å². The molecule has 1 aliphatic rings. The second-order valence-corrected chi connectivity index (χ2v) is 6.23. The van der Waals surface area contributed by atoms with Crippen LogP contribution in [0.15, 0.2) is 24.3 Å². The fraction of sp³-hybridized carbons (Fsp3) is 0.562. The van der Waals surface area contributed by atoms with Gasteiger partial charge in [0, 0.05) is 10.6 Å². The summed E-state index contributed by atoms with van der Waals surface area (Å²) in [5.74, 6) is 0.186. The van der Waals surface area contributed by atoms with Gasteiger partial charge in [0.1, 0.15) is 0 Å². The first-order chi connectivity index (χ1) is 9.01. The summed E-state index contributed by atoms with van der Waals surface area (Å²) in [5.41, 5.74) is 0.316. The Morgan fingerprint density at radius 1 is 1.05 bits per heavy atom. The Morgan fingerprint density at radius 2 is 1.58 bits per heavy atom. The lowest BCUT2D eigenvalue weighted by Gasteiger charge is -2.36. The van der Waals surface area contributed by atoms with Gasteiger partial charge in [-0.15, -0.1) is 0 Å². The molecule has 3 heteroatoms. The summed E-state index contributed by atoms with van der Waals surface area (Å²) in [7, 11) is 0. The molecule has 0 bridgehead atoms. The first kappa shape index (κ1) is 14.5. The van der Waals surface area contributed by atoms with Crippen LogP contribution in [0, 0.1) is 0 Å². The van der Waals surface area contributed by atoms with E-state index in [1.54, 1.807) is 12.1 Å². The van der Waals surface area contributed by atoms with Crippen LogP contribution in [0.5, 0.6) is 0 Å². The average Bonchev–Trinajstić information content (AvgIpc) is 2.68. The summed E-state index contributed by atoms with van der Waals surface area (Å²) >= 11 is 5.88. The molecule has 1 aliphatic heterocycles. The summed E-state index contributed by atoms with van der Waals surface area (Å²) in [4.78, 5) is 15.0. The highest BCUT2D eigenvalue weighted by Crippen LogP contribution is 2.24. The summed E-state index contributed by atoms with van der Waals surface area (Å²) in [6.07, 6.45) is 4.94. The van der Waals surface area contributed by atoms with Gasteiger partial charge in [0.15, 0.2) is 5.78 Å². The monoisotopic (exact) mass is 279 g/mol. The van der Waals surface area contributed by atoms with Gasteiger partial charge < -0.3 is 0 Å². The summed E-state index contributed by atoms with van der Waals surface area (Å²) in [5, 5.41) is 0.670. The van der Waals surface area contributed by atoms with Crippen LogP contribution in [-0.2, 0) is 0 Å². The number of likely N-dealkylation sites (tertiary alicyclic amines) is 1. The Bertz CT molecular complexity index is 431. The highest BCUT2D eigenvalue weighted by atomic mass is 35.5. The van der Waals surface area contributed by atoms with Gasteiger partial charge in [-0.1, -0.05) is 24.4 Å². The lowest BCUT2D eigenvalue weighted by Crippen LogP contribution is -2.50. The SMILES string of the molecule is CC(C)(C(=O)c1ccc(Cl)cc1)N1CCCCCC1. The molecular formula is C16H22ClNO. The first-order valence-corrected chi connectivity index (χ1v) is 7.45. The van der Waals surface area contributed by atoms with Crippen molar-refractivity contribution >= 4 is 17.4 Å². The predicted molar refractivity (Wildman–Crippen MR) is 79.9 cm³/mol. The average molecular weight is 280 g/mol. The van der Waals surface area contributed by atoms with E-state index in [4.69, 9.17) is 11.6 Å². The molecule has 0 aromatic heterocycles. The van der Waals surface area contributed by atoms with Crippen molar-refractivity contribution < 1.29 is 4.79 Å². The number of nitrogens with zero attached hydrogens (tertiary/aromatic N) is 1. The third-order valence-corrected chi connectivity index (χ3v) is 4.31. The Morgan fingerprint density at radius 3 is 2.11 bits per heavy atom. The van der Waals surface area contributed by atoms with E-state index in [0.29, 0.717) is 5.02 Å². The molecule has 19 heavy (non-hydrogen) atoms. The third-order valence-electron chi connectivity index (χ3n) is 4.06. The molecule has 104 valence electrons. The molecule has 0 aliphatic carbocycles. The van der Waals surface area contributed by atoms with Crippen LogP contribution >= 0.6 is 11.6 Å². The molecule has 1 fully saturated rings. The van der Waals surface area contributed by atoms with Gasteiger partial charge in [0.2, 0.25) is 0 Å². The molecule has 1 aromatic rings. The fourth-order valence-corrected chi connectivity index (χ4v) is 2.85. The lowest BCUT2D eigenvalue weighted by molar-refractivity contribution is 0.0649. The van der Waals surface area contributed by atoms with Crippen LogP contribution in [-0.4, -0.2) is 29.3 Å². The van der Waals surface area contributed by atoms with Crippen LogP contribution in [0.3, 0.4) is 0 Å². The first-order valence-electron chi connectivity index (χ1n) is 7.07. The second-order valence-electron chi connectivity index (χ2n) is 5.80. The molecular weight excluding hydrogens is 258 g/mol. The molecule has 0 radical (unpaired) electrons. The summed E-state index contributed by atoms with van der Waals surface area (Å²) in [6, 6.07) is 7.22. The maximum Gasteiger partial charge on any atom is 0.182 e. The van der Waals surface area contributed by atoms with E-state index >= 15 is 0 Å². The van der Waals surface area contributed by atoms with Crippen LogP contribution in [0.4, 0.5) is 0 Å². The van der Waals surface area contributed by atoms with Gasteiger partial charge in [-0.05, 0) is 64.0 Å². The molecule has 1 aromatic carbocycles. The normalized spacial score (nSPS) is 18.1. The van der Waals surface area contributed by atoms with E-state index < -0.39 is 5.54 Å². The topological polar surface area (TPSA) is 20.3 Å². The minimum absolute atomic E-state index is 0.186. The van der Waals surface area contributed by atoms with Crippen molar-refractivity contribution in [1.82, 2.24) is 4.90 Å². The van der Waals surface area contributed by atoms with Gasteiger partial charge in [-0.25, -0.2) is 0 Å². The van der Waals surface area contributed by atoms with E-state index in [9.17, 15) is 4.79 Å². The number of hydrogen-bond donors (Lipinski definition) is 0. The summed E-state index contributed by atoms with van der Waals surface area (Å²) < 4.78 is 0. The van der Waals surface area contributed by atoms with Gasteiger partial charge in [0.05, 0.1) is 5.54 Å². The Labute approximate surface area is 120 Å². The molecule has 1 heterocycles. The maximum atomic E-state index is 12.7. The molecule has 0 atom stereocenters. The van der Waals surface area contributed by atoms with E-state index in [0.717, 1.165) is 18.7 Å². The van der Waals surface area contributed by atoms with Crippen molar-refractivity contribution in [3.05, 3.63) is 34.9 Å². The lowest BCUT2D eigenvalue weighted by atomic mass is 9.91. The molecule has 0 amide bonds. The van der Waals surface area contributed by atoms with Crippen LogP contribution in [0.2, 0.25) is 5.02 Å². The van der Waals surface area contributed by atoms with E-state index in [1.165, 1.54) is 25.7 Å². The summed E-state index contributed by atoms with van der Waals surface area (Å²) in [6.45, 7) is 6.11. The number of Topliss-reactive ketones (excluding diaryl/α,β-unsaturated/α-hetero) is 1. The van der Waals surface area contributed by atoms with Crippen molar-refractivity contribution in [2.75, 3.05) is 13.1 Å². The molecule has 0 spiro atoms. The molecule has 0 N–H and O–H groups in total. The van der Waals surface area contributed by atoms with E-state index in [2.05, 4.69) is 4.90 Å². The second kappa shape index (κ2) is 6.06. The number of halogens is 1. The van der Waals surface area contributed by atoms with E-state index in [-0.39, 0.29) is 5.78 Å². The smallest absolute Gasteiger partial charge is 0.182 e. The highest BCUT2D eigenvalue weighted by Gasteiger charge is 2.35. The number of ketones is 1. The molecule has 0 unspecified atom stereocenters. The van der Waals surface area contributed by atoms with E-state index in [1.807, 2.05) is 26.0 Å². The van der Waals surface area contributed by atoms with Gasteiger partial charge in [-0.3, -0.25) is 9.69 Å². The van der Waals surface area contributed by atoms with Crippen molar-refractivity contribution in [3.8, 4) is 0 Å². The van der Waals surface area contributed by atoms with Gasteiger partial charge >= 0.3 is 0 Å². The maximum absolute atomic E-state index is 12.7. The minimum Gasteiger partial charge on any atom is -0.292 e. The quantitative estimate of drug-likeness (QED) is 0.774. The highest BCUT2D eigenvalue weighted by molar-refractivity contribution is 6.30. The van der Waals surface area contributed by atoms with Crippen molar-refractivity contribution in [2.45, 2.75) is 45.1 Å². The Balaban J connectivity index is 2.17. The Hall–Kier alpha value is -0.860. The van der Waals surface area contributed by atoms with Crippen LogP contribution < -0.4 is 0 Å². The van der Waals surface area contributed by atoms with Crippen molar-refractivity contribution in [1.29, 1.82) is 0 Å². The minimum atomic E-state index is -0.432. The number of hydrogen-bond acceptors (Lipinski definition) is 2. The standard InChI is InChI=1S/C16H22ClNO/c1-16(2,18-11-5-3-4-6-12-18)15(19)13-7-9-14(17)10-8-13/h7-10H,3-6,11-12H2,1-2H3. The number of rotatable bonds is 3. The largest absolute Gasteiger partial charge is 0.292 e. The molecule has 2 nitrogen and oxygen atoms in total. The molecule has 2 rings (SSSR count). The molecule has 1 saturated heterocycles. The number of benzene rings is 1. The van der Waals surface area contributed by atoms with Crippen LogP contribution in [0.1, 0.15) is 49.9 Å². The zero-order chi connectivity index (χ0) is 13.9. The van der Waals surface area contributed by atoms with Gasteiger partial charge in [-0.2, -0.15) is 0 Å². The molecule has 0 saturated carbocycles. The van der Waals surface area contributed by atoms with Crippen molar-refractivity contribution in [2.24, 2.45) is 0 Å². The predicted octanol–water partition coefficient (Wildman–Crippen LogP) is 4.18. The van der Waals surface area contributed by atoms with Gasteiger partial charge in [0.25, 0.3) is 0 Å². The zero-order valence-corrected chi connectivity index (χ0v) is 12.5. The fourth-order valence-electron chi connectivity index (χ4n) is 2.73. The van der Waals surface area contributed by atoms with Crippen LogP contribution in [0.25, 0.3) is 0 Å². The number of carbonyl (C=O) groups is 1.